The second kappa shape index (κ2) is 7.00. The fourth-order valence-electron chi connectivity index (χ4n) is 3.50. The molecule has 1 aromatic carbocycles. The van der Waals surface area contributed by atoms with Crippen LogP contribution in [0.1, 0.15) is 46.1 Å². The lowest BCUT2D eigenvalue weighted by Gasteiger charge is -2.24. The van der Waals surface area contributed by atoms with Gasteiger partial charge in [0.25, 0.3) is 11.5 Å². The van der Waals surface area contributed by atoms with E-state index >= 15 is 0 Å². The third kappa shape index (κ3) is 3.18. The molecule has 3 aromatic rings. The van der Waals surface area contributed by atoms with Crippen LogP contribution in [0.2, 0.25) is 0 Å². The van der Waals surface area contributed by atoms with Gasteiger partial charge in [0.1, 0.15) is 5.56 Å². The monoisotopic (exact) mass is 348 g/mol. The molecule has 0 saturated heterocycles. The van der Waals surface area contributed by atoms with Crippen molar-refractivity contribution < 1.29 is 4.79 Å². The Morgan fingerprint density at radius 1 is 1.23 bits per heavy atom. The fraction of sp³-hybridized carbons (Fsp3) is 0.250. The SMILES string of the molecule is O=C(N[C@H]1CCCc2c1cnn2Cc1ccccc1)c1ccc[nH]c1=O. The summed E-state index contributed by atoms with van der Waals surface area (Å²) in [6, 6.07) is 13.3. The van der Waals surface area contributed by atoms with Crippen LogP contribution in [0.3, 0.4) is 0 Å². The van der Waals surface area contributed by atoms with Gasteiger partial charge in [-0.2, -0.15) is 5.10 Å². The highest BCUT2D eigenvalue weighted by molar-refractivity contribution is 5.94. The van der Waals surface area contributed by atoms with Crippen molar-refractivity contribution in [2.75, 3.05) is 0 Å². The molecule has 0 unspecified atom stereocenters. The maximum absolute atomic E-state index is 12.5. The molecule has 0 spiro atoms. The Balaban J connectivity index is 1.56. The molecule has 2 aromatic heterocycles. The summed E-state index contributed by atoms with van der Waals surface area (Å²) < 4.78 is 2.01. The van der Waals surface area contributed by atoms with Crippen LogP contribution in [0.15, 0.2) is 59.7 Å². The lowest BCUT2D eigenvalue weighted by molar-refractivity contribution is 0.0931. The van der Waals surface area contributed by atoms with Crippen LogP contribution in [0.4, 0.5) is 0 Å². The number of hydrogen-bond donors (Lipinski definition) is 2. The van der Waals surface area contributed by atoms with E-state index in [0.717, 1.165) is 37.1 Å². The summed E-state index contributed by atoms with van der Waals surface area (Å²) in [6.07, 6.45) is 6.13. The highest BCUT2D eigenvalue weighted by Crippen LogP contribution is 2.30. The summed E-state index contributed by atoms with van der Waals surface area (Å²) in [5.74, 6) is -0.347. The van der Waals surface area contributed by atoms with E-state index in [2.05, 4.69) is 27.5 Å². The number of nitrogens with zero attached hydrogens (tertiary/aromatic N) is 2. The predicted molar refractivity (Wildman–Crippen MR) is 98.0 cm³/mol. The maximum Gasteiger partial charge on any atom is 0.260 e. The molecule has 1 aliphatic carbocycles. The Hall–Kier alpha value is -3.15. The molecule has 1 aliphatic rings. The highest BCUT2D eigenvalue weighted by atomic mass is 16.2. The third-order valence-electron chi connectivity index (χ3n) is 4.81. The largest absolute Gasteiger partial charge is 0.345 e. The Labute approximate surface area is 150 Å². The molecule has 1 atom stereocenters. The molecule has 6 nitrogen and oxygen atoms in total. The first-order chi connectivity index (χ1) is 12.7. The van der Waals surface area contributed by atoms with E-state index in [1.165, 1.54) is 17.8 Å². The minimum Gasteiger partial charge on any atom is -0.345 e. The van der Waals surface area contributed by atoms with Crippen LogP contribution in [-0.2, 0) is 13.0 Å². The summed E-state index contributed by atoms with van der Waals surface area (Å²) in [7, 11) is 0. The van der Waals surface area contributed by atoms with Crippen molar-refractivity contribution in [1.82, 2.24) is 20.1 Å². The number of amides is 1. The van der Waals surface area contributed by atoms with Crippen LogP contribution in [0, 0.1) is 0 Å². The van der Waals surface area contributed by atoms with Crippen LogP contribution >= 0.6 is 0 Å². The molecular formula is C20H20N4O2. The molecule has 0 aliphatic heterocycles. The average Bonchev–Trinajstić information content (AvgIpc) is 3.07. The molecule has 0 fully saturated rings. The van der Waals surface area contributed by atoms with E-state index in [4.69, 9.17) is 0 Å². The lowest BCUT2D eigenvalue weighted by atomic mass is 9.92. The minimum absolute atomic E-state index is 0.115. The Morgan fingerprint density at radius 2 is 2.08 bits per heavy atom. The number of pyridine rings is 1. The van der Waals surface area contributed by atoms with Gasteiger partial charge >= 0.3 is 0 Å². The first-order valence-electron chi connectivity index (χ1n) is 8.79. The Morgan fingerprint density at radius 3 is 2.88 bits per heavy atom. The third-order valence-corrected chi connectivity index (χ3v) is 4.81. The van der Waals surface area contributed by atoms with Crippen molar-refractivity contribution >= 4 is 5.91 Å². The molecule has 2 N–H and O–H groups in total. The topological polar surface area (TPSA) is 79.8 Å². The second-order valence-electron chi connectivity index (χ2n) is 6.52. The molecule has 2 heterocycles. The molecule has 0 bridgehead atoms. The van der Waals surface area contributed by atoms with Gasteiger partial charge in [0.2, 0.25) is 0 Å². The summed E-state index contributed by atoms with van der Waals surface area (Å²) in [6.45, 7) is 0.717. The van der Waals surface area contributed by atoms with Gasteiger partial charge in [-0.15, -0.1) is 0 Å². The van der Waals surface area contributed by atoms with Gasteiger partial charge in [0.15, 0.2) is 0 Å². The zero-order valence-corrected chi connectivity index (χ0v) is 14.3. The summed E-state index contributed by atoms with van der Waals surface area (Å²) in [4.78, 5) is 26.8. The number of H-pyrrole nitrogens is 1. The first-order valence-corrected chi connectivity index (χ1v) is 8.79. The van der Waals surface area contributed by atoms with Gasteiger partial charge in [-0.25, -0.2) is 0 Å². The smallest absolute Gasteiger partial charge is 0.260 e. The van der Waals surface area contributed by atoms with Gasteiger partial charge in [0, 0.05) is 17.5 Å². The number of aromatic amines is 1. The minimum atomic E-state index is -0.374. The van der Waals surface area contributed by atoms with Gasteiger partial charge in [-0.05, 0) is 37.0 Å². The number of nitrogens with one attached hydrogen (secondary N) is 2. The summed E-state index contributed by atoms with van der Waals surface area (Å²) >= 11 is 0. The van der Waals surface area contributed by atoms with E-state index in [9.17, 15) is 9.59 Å². The van der Waals surface area contributed by atoms with Crippen LogP contribution in [0.5, 0.6) is 0 Å². The Kier molecular flexibility index (Phi) is 4.39. The van der Waals surface area contributed by atoms with Gasteiger partial charge in [0.05, 0.1) is 18.8 Å². The fourth-order valence-corrected chi connectivity index (χ4v) is 3.50. The van der Waals surface area contributed by atoms with Gasteiger partial charge in [-0.3, -0.25) is 14.3 Å². The summed E-state index contributed by atoms with van der Waals surface area (Å²) in [5, 5.41) is 7.54. The number of carbonyl (C=O) groups is 1. The number of fused-ring (bicyclic) bond motifs is 1. The molecule has 0 saturated carbocycles. The van der Waals surface area contributed by atoms with Crippen molar-refractivity contribution in [2.45, 2.75) is 31.8 Å². The van der Waals surface area contributed by atoms with Crippen molar-refractivity contribution in [3.8, 4) is 0 Å². The standard InChI is InChI=1S/C20H20N4O2/c25-19-15(8-5-11-21-19)20(26)23-17-9-4-10-18-16(17)12-22-24(18)13-14-6-2-1-3-7-14/h1-3,5-8,11-12,17H,4,9-10,13H2,(H,21,25)(H,23,26)/t17-/m0/s1. The van der Waals surface area contributed by atoms with E-state index in [1.54, 1.807) is 6.07 Å². The van der Waals surface area contributed by atoms with Gasteiger partial charge < -0.3 is 10.3 Å². The number of aromatic nitrogens is 3. The zero-order valence-electron chi connectivity index (χ0n) is 14.3. The molecule has 1 amide bonds. The van der Waals surface area contributed by atoms with E-state index in [1.807, 2.05) is 29.1 Å². The van der Waals surface area contributed by atoms with Gasteiger partial charge in [-0.1, -0.05) is 30.3 Å². The van der Waals surface area contributed by atoms with Crippen LogP contribution in [-0.4, -0.2) is 20.7 Å². The van der Waals surface area contributed by atoms with Crippen molar-refractivity contribution in [3.05, 3.63) is 87.6 Å². The molecule has 4 rings (SSSR count). The first kappa shape index (κ1) is 16.3. The molecule has 0 radical (unpaired) electrons. The quantitative estimate of drug-likeness (QED) is 0.760. The number of carbonyl (C=O) groups excluding carboxylic acids is 1. The van der Waals surface area contributed by atoms with E-state index < -0.39 is 0 Å². The maximum atomic E-state index is 12.5. The zero-order chi connectivity index (χ0) is 17.9. The van der Waals surface area contributed by atoms with Crippen molar-refractivity contribution in [1.29, 1.82) is 0 Å². The van der Waals surface area contributed by atoms with Crippen molar-refractivity contribution in [2.24, 2.45) is 0 Å². The predicted octanol–water partition coefficient (Wildman–Crippen LogP) is 2.43. The second-order valence-corrected chi connectivity index (χ2v) is 6.52. The molecule has 6 heteroatoms. The van der Waals surface area contributed by atoms with Crippen LogP contribution < -0.4 is 10.9 Å². The molecular weight excluding hydrogens is 328 g/mol. The highest BCUT2D eigenvalue weighted by Gasteiger charge is 2.26. The lowest BCUT2D eigenvalue weighted by Crippen LogP contribution is -2.34. The number of rotatable bonds is 4. The van der Waals surface area contributed by atoms with Crippen molar-refractivity contribution in [3.63, 3.8) is 0 Å². The average molecular weight is 348 g/mol. The normalized spacial score (nSPS) is 16.1. The van der Waals surface area contributed by atoms with Crippen LogP contribution in [0.25, 0.3) is 0 Å². The summed E-state index contributed by atoms with van der Waals surface area (Å²) in [5.41, 5.74) is 3.16. The molecule has 132 valence electrons. The van der Waals surface area contributed by atoms with E-state index in [-0.39, 0.29) is 23.1 Å². The Bertz CT molecular complexity index is 975. The number of hydrogen-bond acceptors (Lipinski definition) is 3. The number of benzene rings is 1. The van der Waals surface area contributed by atoms with E-state index in [0.29, 0.717) is 0 Å². The molecule has 26 heavy (non-hydrogen) atoms.